The van der Waals surface area contributed by atoms with Crippen molar-refractivity contribution in [3.05, 3.63) is 53.2 Å². The van der Waals surface area contributed by atoms with Gasteiger partial charge < -0.3 is 5.32 Å². The fourth-order valence-corrected chi connectivity index (χ4v) is 4.25. The zero-order valence-corrected chi connectivity index (χ0v) is 14.9. The standard InChI is InChI=1S/C15H14F4N2O3S2/c1-9(21-26(23,24)12-3-2-8-25-12)14(22)20-13(15(17,18)19)10-4-6-11(16)7-5-10/h2-9,13,21H,1H3,(H,20,22). The Kier molecular flexibility index (Phi) is 6.04. The quantitative estimate of drug-likeness (QED) is 0.719. The number of thiophene rings is 1. The van der Waals surface area contributed by atoms with Crippen LogP contribution in [0.5, 0.6) is 0 Å². The van der Waals surface area contributed by atoms with Gasteiger partial charge in [-0.15, -0.1) is 11.3 Å². The van der Waals surface area contributed by atoms with Crippen LogP contribution in [0.25, 0.3) is 0 Å². The third-order valence-corrected chi connectivity index (χ3v) is 6.24. The summed E-state index contributed by atoms with van der Waals surface area (Å²) in [5.41, 5.74) is -0.374. The number of hydrogen-bond donors (Lipinski definition) is 2. The van der Waals surface area contributed by atoms with E-state index in [-0.39, 0.29) is 9.77 Å². The third kappa shape index (κ3) is 5.02. The van der Waals surface area contributed by atoms with E-state index in [2.05, 4.69) is 0 Å². The number of benzene rings is 1. The predicted molar refractivity (Wildman–Crippen MR) is 87.4 cm³/mol. The molecule has 5 nitrogen and oxygen atoms in total. The molecule has 26 heavy (non-hydrogen) atoms. The van der Waals surface area contributed by atoms with Crippen molar-refractivity contribution < 1.29 is 30.8 Å². The number of alkyl halides is 3. The second-order valence-corrected chi connectivity index (χ2v) is 8.20. The van der Waals surface area contributed by atoms with E-state index >= 15 is 0 Å². The summed E-state index contributed by atoms with van der Waals surface area (Å²) in [6.45, 7) is 1.12. The van der Waals surface area contributed by atoms with E-state index in [4.69, 9.17) is 0 Å². The van der Waals surface area contributed by atoms with Crippen LogP contribution in [-0.2, 0) is 14.8 Å². The monoisotopic (exact) mass is 410 g/mol. The molecule has 0 aliphatic heterocycles. The summed E-state index contributed by atoms with van der Waals surface area (Å²) in [6.07, 6.45) is -4.85. The van der Waals surface area contributed by atoms with Gasteiger partial charge in [0, 0.05) is 0 Å². The van der Waals surface area contributed by atoms with Gasteiger partial charge in [0.25, 0.3) is 10.0 Å². The second kappa shape index (κ2) is 7.72. The molecular weight excluding hydrogens is 396 g/mol. The number of hydrogen-bond acceptors (Lipinski definition) is 4. The fraction of sp³-hybridized carbons (Fsp3) is 0.267. The van der Waals surface area contributed by atoms with Crippen LogP contribution in [0.2, 0.25) is 0 Å². The number of rotatable bonds is 6. The molecule has 2 rings (SSSR count). The number of carbonyl (C=O) groups excluding carboxylic acids is 1. The Labute approximate surface area is 151 Å². The first-order chi connectivity index (χ1) is 12.0. The van der Waals surface area contributed by atoms with E-state index in [1.807, 2.05) is 4.72 Å². The molecule has 0 fully saturated rings. The summed E-state index contributed by atoms with van der Waals surface area (Å²) in [7, 11) is -4.03. The molecule has 0 saturated carbocycles. The summed E-state index contributed by atoms with van der Waals surface area (Å²) in [4.78, 5) is 12.1. The highest BCUT2D eigenvalue weighted by molar-refractivity contribution is 7.91. The summed E-state index contributed by atoms with van der Waals surface area (Å²) in [5, 5.41) is 3.26. The maximum Gasteiger partial charge on any atom is 0.412 e. The van der Waals surface area contributed by atoms with Crippen LogP contribution in [0.15, 0.2) is 46.0 Å². The van der Waals surface area contributed by atoms with Gasteiger partial charge in [-0.2, -0.15) is 17.9 Å². The molecule has 0 spiro atoms. The minimum absolute atomic E-state index is 0.0666. The Balaban J connectivity index is 2.15. The van der Waals surface area contributed by atoms with E-state index in [1.165, 1.54) is 17.5 Å². The Morgan fingerprint density at radius 2 is 1.77 bits per heavy atom. The third-order valence-electron chi connectivity index (χ3n) is 3.30. The van der Waals surface area contributed by atoms with Crippen molar-refractivity contribution in [2.75, 3.05) is 0 Å². The van der Waals surface area contributed by atoms with Crippen molar-refractivity contribution in [1.29, 1.82) is 0 Å². The number of sulfonamides is 1. The normalized spacial score (nSPS) is 14.7. The summed E-state index contributed by atoms with van der Waals surface area (Å²) in [5.74, 6) is -1.89. The van der Waals surface area contributed by atoms with E-state index in [1.54, 1.807) is 5.32 Å². The molecule has 11 heteroatoms. The summed E-state index contributed by atoms with van der Waals surface area (Å²) in [6, 6.07) is 2.40. The fourth-order valence-electron chi connectivity index (χ4n) is 2.04. The number of nitrogens with one attached hydrogen (secondary N) is 2. The van der Waals surface area contributed by atoms with Gasteiger partial charge in [-0.05, 0) is 36.1 Å². The van der Waals surface area contributed by atoms with Crippen molar-refractivity contribution >= 4 is 27.3 Å². The molecule has 0 aliphatic rings. The van der Waals surface area contributed by atoms with Crippen LogP contribution in [0, 0.1) is 5.82 Å². The number of amides is 1. The van der Waals surface area contributed by atoms with Crippen LogP contribution in [0.4, 0.5) is 17.6 Å². The first-order valence-corrected chi connectivity index (χ1v) is 9.55. The van der Waals surface area contributed by atoms with Gasteiger partial charge in [0.15, 0.2) is 6.04 Å². The van der Waals surface area contributed by atoms with Crippen molar-refractivity contribution in [1.82, 2.24) is 10.0 Å². The molecule has 0 bridgehead atoms. The number of carbonyl (C=O) groups is 1. The van der Waals surface area contributed by atoms with Gasteiger partial charge in [-0.3, -0.25) is 4.79 Å². The van der Waals surface area contributed by atoms with Gasteiger partial charge in [0.2, 0.25) is 5.91 Å². The smallest absolute Gasteiger partial charge is 0.339 e. The summed E-state index contributed by atoms with van der Waals surface area (Å²) < 4.78 is 78.7. The van der Waals surface area contributed by atoms with E-state index < -0.39 is 40.0 Å². The van der Waals surface area contributed by atoms with Crippen LogP contribution >= 0.6 is 11.3 Å². The Bertz CT molecular complexity index is 850. The lowest BCUT2D eigenvalue weighted by atomic mass is 10.1. The van der Waals surface area contributed by atoms with E-state index in [0.717, 1.165) is 42.5 Å². The van der Waals surface area contributed by atoms with Gasteiger partial charge in [0.1, 0.15) is 10.0 Å². The molecule has 0 aliphatic carbocycles. The maximum absolute atomic E-state index is 13.2. The minimum Gasteiger partial charge on any atom is -0.339 e. The minimum atomic E-state index is -4.85. The Hall–Kier alpha value is -1.98. The van der Waals surface area contributed by atoms with Crippen molar-refractivity contribution in [2.24, 2.45) is 0 Å². The van der Waals surface area contributed by atoms with Crippen molar-refractivity contribution in [2.45, 2.75) is 29.4 Å². The predicted octanol–water partition coefficient (Wildman–Crippen LogP) is 2.97. The second-order valence-electron chi connectivity index (χ2n) is 5.31. The van der Waals surface area contributed by atoms with E-state index in [0.29, 0.717) is 0 Å². The SMILES string of the molecule is CC(NS(=O)(=O)c1cccs1)C(=O)NC(c1ccc(F)cc1)C(F)(F)F. The molecule has 1 heterocycles. The lowest BCUT2D eigenvalue weighted by Gasteiger charge is -2.24. The number of halogens is 4. The molecule has 2 unspecified atom stereocenters. The van der Waals surface area contributed by atoms with Crippen LogP contribution < -0.4 is 10.0 Å². The van der Waals surface area contributed by atoms with Crippen LogP contribution in [-0.4, -0.2) is 26.5 Å². The van der Waals surface area contributed by atoms with Crippen molar-refractivity contribution in [3.8, 4) is 0 Å². The first-order valence-electron chi connectivity index (χ1n) is 7.19. The van der Waals surface area contributed by atoms with Gasteiger partial charge in [-0.1, -0.05) is 18.2 Å². The lowest BCUT2D eigenvalue weighted by molar-refractivity contribution is -0.163. The Morgan fingerprint density at radius 1 is 1.15 bits per heavy atom. The molecule has 2 atom stereocenters. The van der Waals surface area contributed by atoms with Crippen molar-refractivity contribution in [3.63, 3.8) is 0 Å². The molecule has 2 aromatic rings. The largest absolute Gasteiger partial charge is 0.412 e. The highest BCUT2D eigenvalue weighted by Crippen LogP contribution is 2.32. The highest BCUT2D eigenvalue weighted by atomic mass is 32.2. The summed E-state index contributed by atoms with van der Waals surface area (Å²) >= 11 is 0.902. The average Bonchev–Trinajstić information content (AvgIpc) is 3.07. The Morgan fingerprint density at radius 3 is 2.27 bits per heavy atom. The molecule has 0 radical (unpaired) electrons. The van der Waals surface area contributed by atoms with Crippen LogP contribution in [0.3, 0.4) is 0 Å². The molecule has 1 aromatic heterocycles. The van der Waals surface area contributed by atoms with Gasteiger partial charge in [0.05, 0.1) is 6.04 Å². The molecule has 2 N–H and O–H groups in total. The molecule has 1 aromatic carbocycles. The van der Waals surface area contributed by atoms with Gasteiger partial charge in [-0.25, -0.2) is 12.8 Å². The zero-order valence-electron chi connectivity index (χ0n) is 13.2. The zero-order chi connectivity index (χ0) is 19.5. The lowest BCUT2D eigenvalue weighted by Crippen LogP contribution is -2.48. The molecule has 0 saturated heterocycles. The molecule has 142 valence electrons. The average molecular weight is 410 g/mol. The maximum atomic E-state index is 13.2. The molecular formula is C15H14F4N2O3S2. The molecule has 1 amide bonds. The van der Waals surface area contributed by atoms with Crippen LogP contribution in [0.1, 0.15) is 18.5 Å². The first kappa shape index (κ1) is 20.3. The van der Waals surface area contributed by atoms with E-state index in [9.17, 15) is 30.8 Å². The van der Waals surface area contributed by atoms with Gasteiger partial charge >= 0.3 is 6.18 Å². The highest BCUT2D eigenvalue weighted by Gasteiger charge is 2.42. The topological polar surface area (TPSA) is 75.3 Å².